The zero-order chi connectivity index (χ0) is 19.1. The van der Waals surface area contributed by atoms with E-state index in [9.17, 15) is 13.6 Å². The summed E-state index contributed by atoms with van der Waals surface area (Å²) in [5.41, 5.74) is 2.80. The van der Waals surface area contributed by atoms with Crippen LogP contribution in [-0.2, 0) is 11.2 Å². The highest BCUT2D eigenvalue weighted by Gasteiger charge is 2.12. The molecule has 1 amide bonds. The minimum Gasteiger partial charge on any atom is -0.355 e. The van der Waals surface area contributed by atoms with E-state index in [1.54, 1.807) is 6.92 Å². The molecule has 0 bridgehead atoms. The zero-order valence-electron chi connectivity index (χ0n) is 15.5. The smallest absolute Gasteiger partial charge is 0.233 e. The number of halogens is 2. The van der Waals surface area contributed by atoms with Gasteiger partial charge in [0.15, 0.2) is 0 Å². The number of carbonyl (C=O) groups is 1. The molecule has 0 aliphatic rings. The van der Waals surface area contributed by atoms with Gasteiger partial charge in [-0.25, -0.2) is 8.78 Å². The van der Waals surface area contributed by atoms with Gasteiger partial charge in [0, 0.05) is 24.2 Å². The maximum Gasteiger partial charge on any atom is 0.233 e. The van der Waals surface area contributed by atoms with E-state index < -0.39 is 11.6 Å². The minimum absolute atomic E-state index is 0.0737. The van der Waals surface area contributed by atoms with E-state index in [2.05, 4.69) is 48.7 Å². The molecule has 0 radical (unpaired) electrons. The zero-order valence-corrected chi connectivity index (χ0v) is 15.5. The van der Waals surface area contributed by atoms with Crippen LogP contribution in [0.1, 0.15) is 49.4 Å². The summed E-state index contributed by atoms with van der Waals surface area (Å²) in [7, 11) is 0. The van der Waals surface area contributed by atoms with Gasteiger partial charge in [-0.15, -0.1) is 0 Å². The summed E-state index contributed by atoms with van der Waals surface area (Å²) in [6.45, 7) is 6.66. The van der Waals surface area contributed by atoms with Crippen LogP contribution in [0.5, 0.6) is 0 Å². The summed E-state index contributed by atoms with van der Waals surface area (Å²) >= 11 is 0. The first-order chi connectivity index (χ1) is 12.4. The molecule has 0 heterocycles. The van der Waals surface area contributed by atoms with Gasteiger partial charge < -0.3 is 10.6 Å². The van der Waals surface area contributed by atoms with Gasteiger partial charge in [-0.05, 0) is 36.5 Å². The predicted octanol–water partition coefficient (Wildman–Crippen LogP) is 4.10. The van der Waals surface area contributed by atoms with Gasteiger partial charge >= 0.3 is 0 Å². The van der Waals surface area contributed by atoms with Crippen LogP contribution in [0, 0.1) is 11.6 Å². The molecular formula is C21H26F2N2O. The van der Waals surface area contributed by atoms with Crippen molar-refractivity contribution in [1.29, 1.82) is 0 Å². The molecule has 0 aliphatic carbocycles. The van der Waals surface area contributed by atoms with Crippen molar-refractivity contribution in [3.63, 3.8) is 0 Å². The fourth-order valence-corrected chi connectivity index (χ4v) is 2.69. The van der Waals surface area contributed by atoms with Crippen LogP contribution < -0.4 is 10.6 Å². The first-order valence-electron chi connectivity index (χ1n) is 8.90. The first-order valence-corrected chi connectivity index (χ1v) is 8.90. The summed E-state index contributed by atoms with van der Waals surface area (Å²) in [6.07, 6.45) is 0.756. The van der Waals surface area contributed by atoms with Crippen LogP contribution in [0.25, 0.3) is 0 Å². The van der Waals surface area contributed by atoms with Crippen LogP contribution in [-0.4, -0.2) is 19.0 Å². The number of amides is 1. The van der Waals surface area contributed by atoms with E-state index in [-0.39, 0.29) is 18.5 Å². The van der Waals surface area contributed by atoms with Gasteiger partial charge in [0.2, 0.25) is 5.91 Å². The van der Waals surface area contributed by atoms with Crippen molar-refractivity contribution in [2.24, 2.45) is 0 Å². The topological polar surface area (TPSA) is 41.1 Å². The third-order valence-electron chi connectivity index (χ3n) is 4.38. The molecular weight excluding hydrogens is 334 g/mol. The van der Waals surface area contributed by atoms with Gasteiger partial charge in [-0.3, -0.25) is 4.79 Å². The fourth-order valence-electron chi connectivity index (χ4n) is 2.69. The first kappa shape index (κ1) is 20.0. The predicted molar refractivity (Wildman–Crippen MR) is 100 cm³/mol. The molecule has 2 aromatic carbocycles. The maximum absolute atomic E-state index is 13.7. The molecule has 0 saturated carbocycles. The van der Waals surface area contributed by atoms with Gasteiger partial charge in [0.05, 0.1) is 6.54 Å². The van der Waals surface area contributed by atoms with E-state index >= 15 is 0 Å². The average Bonchev–Trinajstić information content (AvgIpc) is 2.60. The van der Waals surface area contributed by atoms with Crippen LogP contribution in [0.2, 0.25) is 0 Å². The molecule has 1 atom stereocenters. The van der Waals surface area contributed by atoms with Crippen molar-refractivity contribution in [3.05, 3.63) is 70.8 Å². The highest BCUT2D eigenvalue weighted by molar-refractivity contribution is 5.78. The molecule has 0 aromatic heterocycles. The monoisotopic (exact) mass is 360 g/mol. The molecule has 3 nitrogen and oxygen atoms in total. The molecule has 2 N–H and O–H groups in total. The minimum atomic E-state index is -0.616. The van der Waals surface area contributed by atoms with Crippen molar-refractivity contribution in [3.8, 4) is 0 Å². The molecule has 0 saturated heterocycles. The number of hydrogen-bond donors (Lipinski definition) is 2. The van der Waals surface area contributed by atoms with Crippen LogP contribution in [0.3, 0.4) is 0 Å². The highest BCUT2D eigenvalue weighted by Crippen LogP contribution is 2.17. The summed E-state index contributed by atoms with van der Waals surface area (Å²) in [5, 5.41) is 5.80. The Morgan fingerprint density at radius 3 is 2.35 bits per heavy atom. The number of nitrogens with one attached hydrogen (secondary N) is 2. The second-order valence-electron chi connectivity index (χ2n) is 6.76. The van der Waals surface area contributed by atoms with Crippen molar-refractivity contribution >= 4 is 5.91 Å². The Hall–Kier alpha value is -2.27. The summed E-state index contributed by atoms with van der Waals surface area (Å²) < 4.78 is 26.7. The van der Waals surface area contributed by atoms with E-state index in [1.165, 1.54) is 23.3 Å². The maximum atomic E-state index is 13.7. The Balaban J connectivity index is 1.73. The Morgan fingerprint density at radius 1 is 1.04 bits per heavy atom. The number of rotatable bonds is 8. The van der Waals surface area contributed by atoms with Gasteiger partial charge in [0.1, 0.15) is 11.6 Å². The largest absolute Gasteiger partial charge is 0.355 e. The van der Waals surface area contributed by atoms with Crippen LogP contribution >= 0.6 is 0 Å². The summed E-state index contributed by atoms with van der Waals surface area (Å²) in [4.78, 5) is 11.9. The van der Waals surface area contributed by atoms with Crippen molar-refractivity contribution in [2.45, 2.75) is 39.2 Å². The van der Waals surface area contributed by atoms with Gasteiger partial charge in [-0.2, -0.15) is 0 Å². The average molecular weight is 360 g/mol. The summed E-state index contributed by atoms with van der Waals surface area (Å²) in [6, 6.07) is 11.5. The molecule has 2 aromatic rings. The van der Waals surface area contributed by atoms with Crippen molar-refractivity contribution in [2.75, 3.05) is 13.1 Å². The van der Waals surface area contributed by atoms with Crippen LogP contribution in [0.4, 0.5) is 8.78 Å². The molecule has 140 valence electrons. The number of carbonyl (C=O) groups excluding carboxylic acids is 1. The lowest BCUT2D eigenvalue weighted by Crippen LogP contribution is -2.36. The SMILES string of the molecule is CC(C)c1ccc(CCNC(=O)CN[C@@H](C)c2ccc(F)cc2F)cc1. The van der Waals surface area contributed by atoms with Crippen LogP contribution in [0.15, 0.2) is 42.5 Å². The lowest BCUT2D eigenvalue weighted by molar-refractivity contribution is -0.120. The van der Waals surface area contributed by atoms with E-state index in [0.29, 0.717) is 18.0 Å². The van der Waals surface area contributed by atoms with E-state index in [4.69, 9.17) is 0 Å². The Morgan fingerprint density at radius 2 is 1.73 bits per heavy atom. The summed E-state index contributed by atoms with van der Waals surface area (Å²) in [5.74, 6) is -0.881. The highest BCUT2D eigenvalue weighted by atomic mass is 19.1. The Kier molecular flexibility index (Phi) is 7.27. The third-order valence-corrected chi connectivity index (χ3v) is 4.38. The van der Waals surface area contributed by atoms with Gasteiger partial charge in [-0.1, -0.05) is 44.2 Å². The van der Waals surface area contributed by atoms with E-state index in [0.717, 1.165) is 12.5 Å². The van der Waals surface area contributed by atoms with Crippen molar-refractivity contribution in [1.82, 2.24) is 10.6 Å². The molecule has 0 unspecified atom stereocenters. The lowest BCUT2D eigenvalue weighted by atomic mass is 10.0. The van der Waals surface area contributed by atoms with Crippen molar-refractivity contribution < 1.29 is 13.6 Å². The third kappa shape index (κ3) is 5.92. The second kappa shape index (κ2) is 9.43. The fraction of sp³-hybridized carbons (Fsp3) is 0.381. The Bertz CT molecular complexity index is 729. The molecule has 0 fully saturated rings. The molecule has 0 aliphatic heterocycles. The number of hydrogen-bond acceptors (Lipinski definition) is 2. The molecule has 2 rings (SSSR count). The number of benzene rings is 2. The lowest BCUT2D eigenvalue weighted by Gasteiger charge is -2.15. The second-order valence-corrected chi connectivity index (χ2v) is 6.76. The van der Waals surface area contributed by atoms with Gasteiger partial charge in [0.25, 0.3) is 0 Å². The van der Waals surface area contributed by atoms with E-state index in [1.807, 2.05) is 0 Å². The normalized spacial score (nSPS) is 12.2. The standard InChI is InChI=1S/C21H26F2N2O/c1-14(2)17-6-4-16(5-7-17)10-11-24-21(26)13-25-15(3)19-9-8-18(22)12-20(19)23/h4-9,12,14-15,25H,10-11,13H2,1-3H3,(H,24,26)/t15-/m0/s1. The molecule has 0 spiro atoms. The molecule has 26 heavy (non-hydrogen) atoms. The molecule has 5 heteroatoms. The quantitative estimate of drug-likeness (QED) is 0.744. The Labute approximate surface area is 153 Å².